The standard InChI is InChI=1S/C22H26FN3O2/c1-15-8-9-19(14-20(15)23)25-21(27)16(2)26-12-10-17(11-13-26)22(28)24-18-6-4-3-5-7-18/h3-9,14,16-17H,10-13H2,1-2H3,(H,24,28)(H,25,27). The molecule has 2 amide bonds. The van der Waals surface area contributed by atoms with E-state index in [2.05, 4.69) is 15.5 Å². The van der Waals surface area contributed by atoms with Crippen LogP contribution >= 0.6 is 0 Å². The largest absolute Gasteiger partial charge is 0.326 e. The Balaban J connectivity index is 1.50. The minimum absolute atomic E-state index is 0.0260. The molecule has 3 rings (SSSR count). The van der Waals surface area contributed by atoms with Gasteiger partial charge in [-0.2, -0.15) is 0 Å². The Bertz CT molecular complexity index is 833. The lowest BCUT2D eigenvalue weighted by Crippen LogP contribution is -2.47. The van der Waals surface area contributed by atoms with Crippen LogP contribution in [0.25, 0.3) is 0 Å². The molecule has 1 fully saturated rings. The highest BCUT2D eigenvalue weighted by atomic mass is 19.1. The van der Waals surface area contributed by atoms with Gasteiger partial charge in [0.25, 0.3) is 0 Å². The smallest absolute Gasteiger partial charge is 0.241 e. The van der Waals surface area contributed by atoms with Gasteiger partial charge in [-0.05, 0) is 69.6 Å². The number of para-hydroxylation sites is 1. The van der Waals surface area contributed by atoms with Crippen molar-refractivity contribution in [3.05, 3.63) is 59.9 Å². The number of nitrogens with zero attached hydrogens (tertiary/aromatic N) is 1. The molecule has 148 valence electrons. The lowest BCUT2D eigenvalue weighted by Gasteiger charge is -2.34. The van der Waals surface area contributed by atoms with E-state index in [0.717, 1.165) is 5.69 Å². The predicted octanol–water partition coefficient (Wildman–Crippen LogP) is 3.81. The highest BCUT2D eigenvalue weighted by Gasteiger charge is 2.29. The summed E-state index contributed by atoms with van der Waals surface area (Å²) in [6.07, 6.45) is 1.41. The molecule has 2 aromatic rings. The molecule has 1 atom stereocenters. The molecular formula is C22H26FN3O2. The highest BCUT2D eigenvalue weighted by molar-refractivity contribution is 5.95. The number of nitrogens with one attached hydrogen (secondary N) is 2. The van der Waals surface area contributed by atoms with Crippen molar-refractivity contribution in [2.45, 2.75) is 32.7 Å². The molecule has 1 saturated heterocycles. The van der Waals surface area contributed by atoms with Crippen molar-refractivity contribution in [1.82, 2.24) is 4.90 Å². The molecule has 28 heavy (non-hydrogen) atoms. The summed E-state index contributed by atoms with van der Waals surface area (Å²) in [5, 5.41) is 5.72. The zero-order chi connectivity index (χ0) is 20.1. The molecule has 0 saturated carbocycles. The molecule has 0 spiro atoms. The Kier molecular flexibility index (Phi) is 6.41. The molecule has 0 aliphatic carbocycles. The summed E-state index contributed by atoms with van der Waals surface area (Å²) in [7, 11) is 0. The fourth-order valence-electron chi connectivity index (χ4n) is 3.40. The van der Waals surface area contributed by atoms with Crippen molar-refractivity contribution in [1.29, 1.82) is 0 Å². The first kappa shape index (κ1) is 20.0. The number of halogens is 1. The van der Waals surface area contributed by atoms with Crippen LogP contribution in [0.15, 0.2) is 48.5 Å². The highest BCUT2D eigenvalue weighted by Crippen LogP contribution is 2.22. The molecule has 6 heteroatoms. The van der Waals surface area contributed by atoms with Crippen LogP contribution in [0.2, 0.25) is 0 Å². The van der Waals surface area contributed by atoms with E-state index < -0.39 is 0 Å². The number of hydrogen-bond acceptors (Lipinski definition) is 3. The maximum absolute atomic E-state index is 13.7. The molecule has 1 heterocycles. The second-order valence-corrected chi connectivity index (χ2v) is 7.29. The van der Waals surface area contributed by atoms with Crippen LogP contribution in [0, 0.1) is 18.7 Å². The molecule has 2 N–H and O–H groups in total. The number of likely N-dealkylation sites (tertiary alicyclic amines) is 1. The first-order valence-corrected chi connectivity index (χ1v) is 9.61. The van der Waals surface area contributed by atoms with Crippen LogP contribution in [0.4, 0.5) is 15.8 Å². The van der Waals surface area contributed by atoms with Crippen LogP contribution in [0.3, 0.4) is 0 Å². The number of amides is 2. The molecule has 1 unspecified atom stereocenters. The molecule has 1 aliphatic rings. The van der Waals surface area contributed by atoms with Gasteiger partial charge in [0.15, 0.2) is 0 Å². The van der Waals surface area contributed by atoms with Gasteiger partial charge in [0.1, 0.15) is 5.82 Å². The van der Waals surface area contributed by atoms with Crippen LogP contribution in [-0.2, 0) is 9.59 Å². The summed E-state index contributed by atoms with van der Waals surface area (Å²) in [6.45, 7) is 4.86. The monoisotopic (exact) mass is 383 g/mol. The van der Waals surface area contributed by atoms with Gasteiger partial charge in [-0.15, -0.1) is 0 Å². The summed E-state index contributed by atoms with van der Waals surface area (Å²) in [5.74, 6) is -0.540. The second-order valence-electron chi connectivity index (χ2n) is 7.29. The SMILES string of the molecule is Cc1ccc(NC(=O)C(C)N2CCC(C(=O)Nc3ccccc3)CC2)cc1F. The first-order valence-electron chi connectivity index (χ1n) is 9.61. The van der Waals surface area contributed by atoms with Crippen LogP contribution in [-0.4, -0.2) is 35.8 Å². The minimum atomic E-state index is -0.345. The molecule has 0 radical (unpaired) electrons. The Morgan fingerprint density at radius 1 is 1.04 bits per heavy atom. The van der Waals surface area contributed by atoms with Gasteiger partial charge >= 0.3 is 0 Å². The normalized spacial score (nSPS) is 16.4. The summed E-state index contributed by atoms with van der Waals surface area (Å²) < 4.78 is 13.7. The molecule has 0 aromatic heterocycles. The average molecular weight is 383 g/mol. The van der Waals surface area contributed by atoms with Crippen molar-refractivity contribution in [3.8, 4) is 0 Å². The second kappa shape index (κ2) is 8.97. The number of hydrogen-bond donors (Lipinski definition) is 2. The third kappa shape index (κ3) is 4.95. The summed E-state index contributed by atoms with van der Waals surface area (Å²) in [4.78, 5) is 27.0. The zero-order valence-electron chi connectivity index (χ0n) is 16.2. The molecule has 5 nitrogen and oxygen atoms in total. The number of carbonyl (C=O) groups is 2. The Labute approximate surface area is 164 Å². The maximum atomic E-state index is 13.7. The minimum Gasteiger partial charge on any atom is -0.326 e. The lowest BCUT2D eigenvalue weighted by molar-refractivity contribution is -0.123. The average Bonchev–Trinajstić information content (AvgIpc) is 2.71. The predicted molar refractivity (Wildman–Crippen MR) is 109 cm³/mol. The summed E-state index contributed by atoms with van der Waals surface area (Å²) in [6, 6.07) is 13.8. The third-order valence-corrected chi connectivity index (χ3v) is 5.31. The van der Waals surface area contributed by atoms with Crippen LogP contribution < -0.4 is 10.6 Å². The van der Waals surface area contributed by atoms with Gasteiger partial charge in [-0.1, -0.05) is 24.3 Å². The van der Waals surface area contributed by atoms with Crippen molar-refractivity contribution >= 4 is 23.2 Å². The zero-order valence-corrected chi connectivity index (χ0v) is 16.2. The number of rotatable bonds is 5. The quantitative estimate of drug-likeness (QED) is 0.825. The van der Waals surface area contributed by atoms with E-state index in [-0.39, 0.29) is 29.6 Å². The molecule has 2 aromatic carbocycles. The Morgan fingerprint density at radius 3 is 2.36 bits per heavy atom. The van der Waals surface area contributed by atoms with E-state index in [9.17, 15) is 14.0 Å². The van der Waals surface area contributed by atoms with Crippen molar-refractivity contribution in [2.75, 3.05) is 23.7 Å². The topological polar surface area (TPSA) is 61.4 Å². The van der Waals surface area contributed by atoms with E-state index in [1.165, 1.54) is 6.07 Å². The van der Waals surface area contributed by atoms with Gasteiger partial charge < -0.3 is 10.6 Å². The van der Waals surface area contributed by atoms with Gasteiger partial charge in [-0.25, -0.2) is 4.39 Å². The van der Waals surface area contributed by atoms with E-state index in [0.29, 0.717) is 37.2 Å². The lowest BCUT2D eigenvalue weighted by atomic mass is 9.94. The Hall–Kier alpha value is -2.73. The van der Waals surface area contributed by atoms with Crippen molar-refractivity contribution < 1.29 is 14.0 Å². The van der Waals surface area contributed by atoms with Gasteiger partial charge in [0, 0.05) is 17.3 Å². The number of carbonyl (C=O) groups excluding carboxylic acids is 2. The fourth-order valence-corrected chi connectivity index (χ4v) is 3.40. The van der Waals surface area contributed by atoms with Gasteiger partial charge in [0.05, 0.1) is 6.04 Å². The molecule has 1 aliphatic heterocycles. The van der Waals surface area contributed by atoms with Crippen molar-refractivity contribution in [3.63, 3.8) is 0 Å². The summed E-state index contributed by atoms with van der Waals surface area (Å²) >= 11 is 0. The van der Waals surface area contributed by atoms with Crippen LogP contribution in [0.5, 0.6) is 0 Å². The van der Waals surface area contributed by atoms with E-state index in [1.54, 1.807) is 19.1 Å². The number of benzene rings is 2. The number of piperidine rings is 1. The summed E-state index contributed by atoms with van der Waals surface area (Å²) in [5.41, 5.74) is 1.80. The number of aryl methyl sites for hydroxylation is 1. The van der Waals surface area contributed by atoms with Gasteiger partial charge in [-0.3, -0.25) is 14.5 Å². The fraction of sp³-hybridized carbons (Fsp3) is 0.364. The first-order chi connectivity index (χ1) is 13.4. The van der Waals surface area contributed by atoms with E-state index >= 15 is 0 Å². The van der Waals surface area contributed by atoms with Crippen molar-refractivity contribution in [2.24, 2.45) is 5.92 Å². The van der Waals surface area contributed by atoms with Gasteiger partial charge in [0.2, 0.25) is 11.8 Å². The third-order valence-electron chi connectivity index (χ3n) is 5.31. The maximum Gasteiger partial charge on any atom is 0.241 e. The number of anilines is 2. The molecule has 0 bridgehead atoms. The van der Waals surface area contributed by atoms with Crippen LogP contribution in [0.1, 0.15) is 25.3 Å². The Morgan fingerprint density at radius 2 is 1.71 bits per heavy atom. The van der Waals surface area contributed by atoms with E-state index in [4.69, 9.17) is 0 Å². The molecular weight excluding hydrogens is 357 g/mol. The van der Waals surface area contributed by atoms with E-state index in [1.807, 2.05) is 37.3 Å².